The van der Waals surface area contributed by atoms with Gasteiger partial charge in [-0.25, -0.2) is 4.98 Å². The summed E-state index contributed by atoms with van der Waals surface area (Å²) in [6.45, 7) is 5.54. The predicted octanol–water partition coefficient (Wildman–Crippen LogP) is 3.45. The van der Waals surface area contributed by atoms with E-state index in [1.807, 2.05) is 18.7 Å². The molecule has 20 heavy (non-hydrogen) atoms. The van der Waals surface area contributed by atoms with Crippen molar-refractivity contribution >= 4 is 5.78 Å². The quantitative estimate of drug-likeness (QED) is 0.826. The fourth-order valence-corrected chi connectivity index (χ4v) is 6.04. The van der Waals surface area contributed by atoms with E-state index in [1.165, 1.54) is 19.3 Å². The molecule has 4 rings (SSSR count). The van der Waals surface area contributed by atoms with Gasteiger partial charge >= 0.3 is 0 Å². The second-order valence-electron chi connectivity index (χ2n) is 7.82. The Bertz CT molecular complexity index is 539. The van der Waals surface area contributed by atoms with E-state index in [4.69, 9.17) is 0 Å². The zero-order valence-electron chi connectivity index (χ0n) is 12.6. The molecule has 0 N–H and O–H groups in total. The molecule has 0 saturated heterocycles. The number of hydrogen-bond acceptors (Lipinski definition) is 2. The minimum Gasteiger partial charge on any atom is -0.336 e. The minimum atomic E-state index is -0.150. The average molecular weight is 272 g/mol. The first-order chi connectivity index (χ1) is 9.53. The van der Waals surface area contributed by atoms with Crippen LogP contribution in [0.1, 0.15) is 52.4 Å². The monoisotopic (exact) mass is 272 g/mol. The maximum Gasteiger partial charge on any atom is 0.147 e. The Balaban J connectivity index is 1.80. The molecule has 3 aliphatic rings. The number of fused-ring (bicyclic) bond motifs is 3. The normalized spacial score (nSPS) is 37.1. The molecule has 3 nitrogen and oxygen atoms in total. The highest BCUT2D eigenvalue weighted by atomic mass is 16.1. The Hall–Kier alpha value is -1.12. The second-order valence-corrected chi connectivity index (χ2v) is 7.82. The van der Waals surface area contributed by atoms with E-state index in [9.17, 15) is 4.79 Å². The fourth-order valence-electron chi connectivity index (χ4n) is 6.04. The van der Waals surface area contributed by atoms with Crippen LogP contribution in [0.25, 0.3) is 0 Å². The van der Waals surface area contributed by atoms with Gasteiger partial charge in [-0.15, -0.1) is 0 Å². The van der Waals surface area contributed by atoms with Crippen LogP contribution < -0.4 is 0 Å². The van der Waals surface area contributed by atoms with Crippen molar-refractivity contribution in [3.8, 4) is 0 Å². The van der Waals surface area contributed by atoms with Crippen LogP contribution in [0.4, 0.5) is 0 Å². The van der Waals surface area contributed by atoms with Gasteiger partial charge in [-0.05, 0) is 37.0 Å². The van der Waals surface area contributed by atoms with E-state index in [2.05, 4.69) is 23.4 Å². The number of carbonyl (C=O) groups is 1. The summed E-state index contributed by atoms with van der Waals surface area (Å²) in [6.07, 6.45) is 12.8. The molecule has 3 heteroatoms. The summed E-state index contributed by atoms with van der Waals surface area (Å²) in [5.41, 5.74) is 0.0176. The standard InChI is InChI=1S/C17H24N2O/c1-15(2)13-5-8-17(15,11-19-10-9-18-12-19)14(20)16(13)6-3-4-7-16/h9-10,12-13H,3-8,11H2,1-2H3. The molecule has 3 fully saturated rings. The summed E-state index contributed by atoms with van der Waals surface area (Å²) >= 11 is 0. The van der Waals surface area contributed by atoms with Gasteiger partial charge in [0.1, 0.15) is 5.78 Å². The van der Waals surface area contributed by atoms with Gasteiger partial charge in [-0.1, -0.05) is 26.7 Å². The van der Waals surface area contributed by atoms with E-state index < -0.39 is 0 Å². The molecule has 1 spiro atoms. The van der Waals surface area contributed by atoms with Crippen molar-refractivity contribution in [1.82, 2.24) is 9.55 Å². The summed E-state index contributed by atoms with van der Waals surface area (Å²) in [5, 5.41) is 0. The van der Waals surface area contributed by atoms with E-state index in [-0.39, 0.29) is 16.2 Å². The average Bonchev–Trinajstić information content (AvgIpc) is 3.12. The minimum absolute atomic E-state index is 0.0301. The molecule has 3 aliphatic carbocycles. The Kier molecular flexibility index (Phi) is 2.36. The highest BCUT2D eigenvalue weighted by Crippen LogP contribution is 2.74. The fraction of sp³-hybridized carbons (Fsp3) is 0.765. The van der Waals surface area contributed by atoms with Crippen LogP contribution in [-0.2, 0) is 11.3 Å². The van der Waals surface area contributed by atoms with E-state index in [1.54, 1.807) is 0 Å². The molecular weight excluding hydrogens is 248 g/mol. The van der Waals surface area contributed by atoms with Gasteiger partial charge in [0, 0.05) is 24.4 Å². The summed E-state index contributed by atoms with van der Waals surface area (Å²) in [4.78, 5) is 17.6. The van der Waals surface area contributed by atoms with Crippen molar-refractivity contribution in [3.05, 3.63) is 18.7 Å². The van der Waals surface area contributed by atoms with Crippen molar-refractivity contribution in [1.29, 1.82) is 0 Å². The molecule has 0 amide bonds. The molecular formula is C17H24N2O. The van der Waals surface area contributed by atoms with Gasteiger partial charge in [0.2, 0.25) is 0 Å². The van der Waals surface area contributed by atoms with Crippen molar-refractivity contribution in [2.75, 3.05) is 0 Å². The van der Waals surface area contributed by atoms with Crippen LogP contribution in [0, 0.1) is 22.2 Å². The Morgan fingerprint density at radius 2 is 2.05 bits per heavy atom. The van der Waals surface area contributed by atoms with Crippen LogP contribution >= 0.6 is 0 Å². The second kappa shape index (κ2) is 3.75. The lowest BCUT2D eigenvalue weighted by molar-refractivity contribution is -0.139. The van der Waals surface area contributed by atoms with E-state index >= 15 is 0 Å². The number of carbonyl (C=O) groups excluding carboxylic acids is 1. The predicted molar refractivity (Wildman–Crippen MR) is 77.1 cm³/mol. The summed E-state index contributed by atoms with van der Waals surface area (Å²) < 4.78 is 2.12. The third-order valence-electron chi connectivity index (χ3n) is 7.03. The Morgan fingerprint density at radius 3 is 2.70 bits per heavy atom. The SMILES string of the molecule is CC1(C)C2CCC1(Cn1ccnc1)C(=O)C21CCCC1. The number of rotatable bonds is 2. The summed E-state index contributed by atoms with van der Waals surface area (Å²) in [6, 6.07) is 0. The molecule has 0 radical (unpaired) electrons. The van der Waals surface area contributed by atoms with Crippen LogP contribution in [0.5, 0.6) is 0 Å². The number of nitrogens with zero attached hydrogens (tertiary/aromatic N) is 2. The first-order valence-electron chi connectivity index (χ1n) is 8.04. The molecule has 0 aliphatic heterocycles. The first-order valence-corrected chi connectivity index (χ1v) is 8.04. The Labute approximate surface area is 120 Å². The molecule has 108 valence electrons. The maximum absolute atomic E-state index is 13.4. The number of ketones is 1. The molecule has 2 unspecified atom stereocenters. The number of Topliss-reactive ketones (excluding diaryl/α,β-unsaturated/α-hetero) is 1. The van der Waals surface area contributed by atoms with Crippen molar-refractivity contribution in [2.45, 2.75) is 58.9 Å². The Morgan fingerprint density at radius 1 is 1.30 bits per heavy atom. The topological polar surface area (TPSA) is 34.9 Å². The molecule has 1 heterocycles. The maximum atomic E-state index is 13.4. The molecule has 0 aromatic carbocycles. The van der Waals surface area contributed by atoms with Crippen molar-refractivity contribution < 1.29 is 4.79 Å². The number of imidazole rings is 1. The number of aromatic nitrogens is 2. The van der Waals surface area contributed by atoms with Crippen LogP contribution in [0.2, 0.25) is 0 Å². The first kappa shape index (κ1) is 12.6. The highest BCUT2D eigenvalue weighted by Gasteiger charge is 2.74. The van der Waals surface area contributed by atoms with Gasteiger partial charge in [0.15, 0.2) is 0 Å². The van der Waals surface area contributed by atoms with Crippen LogP contribution in [0.15, 0.2) is 18.7 Å². The van der Waals surface area contributed by atoms with Gasteiger partial charge in [-0.2, -0.15) is 0 Å². The van der Waals surface area contributed by atoms with E-state index in [0.29, 0.717) is 11.7 Å². The lowest BCUT2D eigenvalue weighted by Crippen LogP contribution is -2.43. The lowest BCUT2D eigenvalue weighted by atomic mass is 9.67. The van der Waals surface area contributed by atoms with Gasteiger partial charge in [0.05, 0.1) is 11.7 Å². The molecule has 3 saturated carbocycles. The van der Waals surface area contributed by atoms with E-state index in [0.717, 1.165) is 25.8 Å². The summed E-state index contributed by atoms with van der Waals surface area (Å²) in [5.74, 6) is 1.20. The van der Waals surface area contributed by atoms with Crippen LogP contribution in [0.3, 0.4) is 0 Å². The number of hydrogen-bond donors (Lipinski definition) is 0. The van der Waals surface area contributed by atoms with Gasteiger partial charge in [-0.3, -0.25) is 4.79 Å². The van der Waals surface area contributed by atoms with Crippen molar-refractivity contribution in [2.24, 2.45) is 22.2 Å². The smallest absolute Gasteiger partial charge is 0.147 e. The van der Waals surface area contributed by atoms with Crippen molar-refractivity contribution in [3.63, 3.8) is 0 Å². The molecule has 1 aromatic heterocycles. The molecule has 1 aromatic rings. The zero-order chi connectivity index (χ0) is 14.0. The summed E-state index contributed by atoms with van der Waals surface area (Å²) in [7, 11) is 0. The molecule has 2 bridgehead atoms. The highest BCUT2D eigenvalue weighted by molar-refractivity contribution is 5.95. The largest absolute Gasteiger partial charge is 0.336 e. The van der Waals surface area contributed by atoms with Gasteiger partial charge < -0.3 is 4.57 Å². The third-order valence-corrected chi connectivity index (χ3v) is 7.03. The third kappa shape index (κ3) is 1.23. The van der Waals surface area contributed by atoms with Gasteiger partial charge in [0.25, 0.3) is 0 Å². The lowest BCUT2D eigenvalue weighted by Gasteiger charge is -2.37. The van der Waals surface area contributed by atoms with Crippen LogP contribution in [-0.4, -0.2) is 15.3 Å². The molecule has 2 atom stereocenters. The zero-order valence-corrected chi connectivity index (χ0v) is 12.6.